The molecule has 0 aliphatic heterocycles. The van der Waals surface area contributed by atoms with Crippen LogP contribution in [0.3, 0.4) is 0 Å². The maximum Gasteiger partial charge on any atom is 0.158 e. The minimum absolute atomic E-state index is 0.0646. The van der Waals surface area contributed by atoms with E-state index in [-0.39, 0.29) is 30.7 Å². The standard InChI is InChI=1S/C27H52O4/c1-2-3-4-5-6-7-8-9-10-11-12-13-18-27(30-24-21-19-23(28)20-22-24)31-26-17-15-14-16-25(26)29/h23-29H,2-22H2,1H3. The highest BCUT2D eigenvalue weighted by Gasteiger charge is 2.29. The van der Waals surface area contributed by atoms with Crippen LogP contribution in [0, 0.1) is 0 Å². The van der Waals surface area contributed by atoms with Gasteiger partial charge in [0.2, 0.25) is 0 Å². The molecule has 0 saturated heterocycles. The zero-order valence-electron chi connectivity index (χ0n) is 20.4. The van der Waals surface area contributed by atoms with E-state index in [0.29, 0.717) is 0 Å². The summed E-state index contributed by atoms with van der Waals surface area (Å²) >= 11 is 0. The predicted octanol–water partition coefficient (Wildman–Crippen LogP) is 7.04. The second kappa shape index (κ2) is 17.3. The summed E-state index contributed by atoms with van der Waals surface area (Å²) in [6.07, 6.45) is 24.2. The molecule has 0 spiro atoms. The summed E-state index contributed by atoms with van der Waals surface area (Å²) in [7, 11) is 0. The van der Waals surface area contributed by atoms with Crippen LogP contribution in [0.2, 0.25) is 0 Å². The molecule has 0 amide bonds. The molecular weight excluding hydrogens is 388 g/mol. The van der Waals surface area contributed by atoms with E-state index >= 15 is 0 Å². The normalized spacial score (nSPS) is 28.0. The molecule has 184 valence electrons. The number of unbranched alkanes of at least 4 members (excludes halogenated alkanes) is 11. The Labute approximate surface area is 192 Å². The van der Waals surface area contributed by atoms with Crippen LogP contribution in [0.4, 0.5) is 0 Å². The van der Waals surface area contributed by atoms with Gasteiger partial charge in [0, 0.05) is 0 Å². The molecule has 4 nitrogen and oxygen atoms in total. The number of ether oxygens (including phenoxy) is 2. The first-order valence-corrected chi connectivity index (χ1v) is 13.9. The van der Waals surface area contributed by atoms with Crippen LogP contribution < -0.4 is 0 Å². The van der Waals surface area contributed by atoms with Crippen molar-refractivity contribution in [2.45, 2.75) is 172 Å². The fourth-order valence-corrected chi connectivity index (χ4v) is 5.15. The molecule has 2 N–H and O–H groups in total. The summed E-state index contributed by atoms with van der Waals surface area (Å²) in [5.74, 6) is 0. The summed E-state index contributed by atoms with van der Waals surface area (Å²) < 4.78 is 12.6. The molecule has 0 aromatic heterocycles. The maximum atomic E-state index is 10.3. The fraction of sp³-hybridized carbons (Fsp3) is 1.00. The topological polar surface area (TPSA) is 58.9 Å². The van der Waals surface area contributed by atoms with Gasteiger partial charge in [-0.1, -0.05) is 90.4 Å². The van der Waals surface area contributed by atoms with Crippen LogP contribution in [0.25, 0.3) is 0 Å². The van der Waals surface area contributed by atoms with Crippen molar-refractivity contribution in [3.8, 4) is 0 Å². The molecule has 2 saturated carbocycles. The van der Waals surface area contributed by atoms with Gasteiger partial charge in [-0.15, -0.1) is 0 Å². The lowest BCUT2D eigenvalue weighted by Gasteiger charge is -2.34. The molecule has 0 heterocycles. The SMILES string of the molecule is CCCCCCCCCCCCCCC(OC1CCC(O)CC1)OC1CCCCC1O. The van der Waals surface area contributed by atoms with Gasteiger partial charge < -0.3 is 19.7 Å². The van der Waals surface area contributed by atoms with Gasteiger partial charge in [0.1, 0.15) is 0 Å². The molecule has 0 aromatic carbocycles. The van der Waals surface area contributed by atoms with Crippen LogP contribution >= 0.6 is 0 Å². The average molecular weight is 441 g/mol. The zero-order valence-corrected chi connectivity index (χ0v) is 20.4. The maximum absolute atomic E-state index is 10.3. The van der Waals surface area contributed by atoms with E-state index in [0.717, 1.165) is 64.2 Å². The largest absolute Gasteiger partial charge is 0.393 e. The van der Waals surface area contributed by atoms with Crippen molar-refractivity contribution in [2.24, 2.45) is 0 Å². The molecule has 2 rings (SSSR count). The Morgan fingerprint density at radius 2 is 1.19 bits per heavy atom. The van der Waals surface area contributed by atoms with E-state index < -0.39 is 0 Å². The van der Waals surface area contributed by atoms with Crippen LogP contribution in [0.15, 0.2) is 0 Å². The second-order valence-corrected chi connectivity index (χ2v) is 10.2. The van der Waals surface area contributed by atoms with Crippen LogP contribution in [-0.4, -0.2) is 40.9 Å². The Morgan fingerprint density at radius 3 is 1.77 bits per heavy atom. The third-order valence-corrected chi connectivity index (χ3v) is 7.28. The Hall–Kier alpha value is -0.160. The second-order valence-electron chi connectivity index (χ2n) is 10.2. The summed E-state index contributed by atoms with van der Waals surface area (Å²) in [6.45, 7) is 2.28. The van der Waals surface area contributed by atoms with Gasteiger partial charge in [-0.3, -0.25) is 0 Å². The van der Waals surface area contributed by atoms with Crippen molar-refractivity contribution in [2.75, 3.05) is 0 Å². The molecule has 31 heavy (non-hydrogen) atoms. The molecule has 4 heteroatoms. The molecule has 3 unspecified atom stereocenters. The van der Waals surface area contributed by atoms with Gasteiger partial charge in [-0.25, -0.2) is 0 Å². The number of hydrogen-bond acceptors (Lipinski definition) is 4. The summed E-state index contributed by atoms with van der Waals surface area (Å²) in [5.41, 5.74) is 0. The van der Waals surface area contributed by atoms with Gasteiger partial charge >= 0.3 is 0 Å². The molecule has 2 aliphatic rings. The third-order valence-electron chi connectivity index (χ3n) is 7.28. The molecule has 0 aromatic rings. The zero-order chi connectivity index (χ0) is 22.2. The predicted molar refractivity (Wildman–Crippen MR) is 128 cm³/mol. The number of aliphatic hydroxyl groups excluding tert-OH is 2. The first-order valence-electron chi connectivity index (χ1n) is 13.9. The molecular formula is C27H52O4. The van der Waals surface area contributed by atoms with E-state index in [1.54, 1.807) is 0 Å². The lowest BCUT2D eigenvalue weighted by Crippen LogP contribution is -2.38. The minimum Gasteiger partial charge on any atom is -0.393 e. The minimum atomic E-state index is -0.338. The van der Waals surface area contributed by atoms with Crippen molar-refractivity contribution in [3.05, 3.63) is 0 Å². The van der Waals surface area contributed by atoms with Crippen molar-refractivity contribution in [3.63, 3.8) is 0 Å². The Balaban J connectivity index is 1.57. The highest BCUT2D eigenvalue weighted by molar-refractivity contribution is 4.76. The van der Waals surface area contributed by atoms with Crippen LogP contribution in [-0.2, 0) is 9.47 Å². The highest BCUT2D eigenvalue weighted by atomic mass is 16.7. The van der Waals surface area contributed by atoms with Crippen molar-refractivity contribution < 1.29 is 19.7 Å². The van der Waals surface area contributed by atoms with Gasteiger partial charge in [-0.2, -0.15) is 0 Å². The van der Waals surface area contributed by atoms with E-state index in [9.17, 15) is 10.2 Å². The lowest BCUT2D eigenvalue weighted by atomic mass is 9.94. The van der Waals surface area contributed by atoms with Gasteiger partial charge in [0.25, 0.3) is 0 Å². The van der Waals surface area contributed by atoms with Crippen molar-refractivity contribution in [1.82, 2.24) is 0 Å². The Bertz CT molecular complexity index is 408. The number of hydrogen-bond donors (Lipinski definition) is 2. The number of rotatable bonds is 17. The van der Waals surface area contributed by atoms with Gasteiger partial charge in [-0.05, 0) is 51.4 Å². The van der Waals surface area contributed by atoms with Crippen molar-refractivity contribution in [1.29, 1.82) is 0 Å². The molecule has 3 atom stereocenters. The quantitative estimate of drug-likeness (QED) is 0.188. The van der Waals surface area contributed by atoms with Gasteiger partial charge in [0.15, 0.2) is 6.29 Å². The molecule has 2 aliphatic carbocycles. The summed E-state index contributed by atoms with van der Waals surface area (Å²) in [6, 6.07) is 0. The van der Waals surface area contributed by atoms with E-state index in [1.165, 1.54) is 70.6 Å². The van der Waals surface area contributed by atoms with E-state index in [4.69, 9.17) is 9.47 Å². The summed E-state index contributed by atoms with van der Waals surface area (Å²) in [5, 5.41) is 20.1. The van der Waals surface area contributed by atoms with Gasteiger partial charge in [0.05, 0.1) is 24.4 Å². The Kier molecular flexibility index (Phi) is 15.1. The van der Waals surface area contributed by atoms with E-state index in [2.05, 4.69) is 6.92 Å². The first kappa shape index (κ1) is 27.1. The van der Waals surface area contributed by atoms with Crippen LogP contribution in [0.1, 0.15) is 142 Å². The fourth-order valence-electron chi connectivity index (χ4n) is 5.15. The Morgan fingerprint density at radius 1 is 0.645 bits per heavy atom. The smallest absolute Gasteiger partial charge is 0.158 e. The monoisotopic (exact) mass is 440 g/mol. The summed E-state index contributed by atoms with van der Waals surface area (Å²) in [4.78, 5) is 0. The molecule has 0 radical (unpaired) electrons. The lowest BCUT2D eigenvalue weighted by molar-refractivity contribution is -0.225. The average Bonchev–Trinajstić information content (AvgIpc) is 2.77. The van der Waals surface area contributed by atoms with Crippen LogP contribution in [0.5, 0.6) is 0 Å². The molecule has 2 fully saturated rings. The highest BCUT2D eigenvalue weighted by Crippen LogP contribution is 2.28. The third kappa shape index (κ3) is 12.6. The van der Waals surface area contributed by atoms with Crippen molar-refractivity contribution >= 4 is 0 Å². The number of aliphatic hydroxyl groups is 2. The first-order chi connectivity index (χ1) is 15.2. The molecule has 0 bridgehead atoms. The van der Waals surface area contributed by atoms with E-state index in [1.807, 2.05) is 0 Å².